The third kappa shape index (κ3) is 5.48. The fourth-order valence-electron chi connectivity index (χ4n) is 3.13. The number of guanidine groups is 1. The molecule has 1 fully saturated rings. The first-order valence-electron chi connectivity index (χ1n) is 9.50. The van der Waals surface area contributed by atoms with Gasteiger partial charge in [0.1, 0.15) is 11.9 Å². The summed E-state index contributed by atoms with van der Waals surface area (Å²) in [6, 6.07) is 16.1. The summed E-state index contributed by atoms with van der Waals surface area (Å²) in [6.07, 6.45) is 5.01. The number of rotatable bonds is 6. The van der Waals surface area contributed by atoms with Crippen molar-refractivity contribution in [3.8, 4) is 5.75 Å². The molecule has 0 aliphatic carbocycles. The summed E-state index contributed by atoms with van der Waals surface area (Å²) in [7, 11) is 0. The van der Waals surface area contributed by atoms with E-state index in [-0.39, 0.29) is 6.10 Å². The Morgan fingerprint density at radius 2 is 1.92 bits per heavy atom. The lowest BCUT2D eigenvalue weighted by molar-refractivity contribution is 0.129. The quantitative estimate of drug-likeness (QED) is 0.641. The smallest absolute Gasteiger partial charge is 0.193 e. The van der Waals surface area contributed by atoms with Gasteiger partial charge >= 0.3 is 0 Å². The fraction of sp³-hybridized carbons (Fsp3) is 0.429. The molecule has 5 nitrogen and oxygen atoms in total. The molecule has 1 aromatic carbocycles. The molecular weight excluding hydrogens is 324 g/mol. The van der Waals surface area contributed by atoms with Gasteiger partial charge in [0.2, 0.25) is 0 Å². The zero-order valence-electron chi connectivity index (χ0n) is 15.5. The largest absolute Gasteiger partial charge is 0.490 e. The average molecular weight is 352 g/mol. The third-order valence-corrected chi connectivity index (χ3v) is 4.48. The Kier molecular flexibility index (Phi) is 6.88. The van der Waals surface area contributed by atoms with Crippen molar-refractivity contribution >= 4 is 5.96 Å². The van der Waals surface area contributed by atoms with Crippen molar-refractivity contribution in [2.45, 2.75) is 32.3 Å². The molecule has 0 saturated carbocycles. The van der Waals surface area contributed by atoms with Crippen LogP contribution in [0.4, 0.5) is 0 Å². The molecule has 1 N–H and O–H groups in total. The van der Waals surface area contributed by atoms with E-state index in [1.165, 1.54) is 0 Å². The minimum atomic E-state index is 0.282. The van der Waals surface area contributed by atoms with Crippen molar-refractivity contribution in [1.29, 1.82) is 0 Å². The molecule has 0 atom stereocenters. The lowest BCUT2D eigenvalue weighted by Gasteiger charge is -2.34. The first-order chi connectivity index (χ1) is 12.8. The van der Waals surface area contributed by atoms with Crippen molar-refractivity contribution in [3.63, 3.8) is 0 Å². The number of nitrogens with one attached hydrogen (secondary N) is 1. The number of para-hydroxylation sites is 1. The standard InChI is InChI=1S/C21H28N4O/c1-2-22-21(24-15-11-18-8-6-7-14-23-18)25-16-12-20(13-17-25)26-19-9-4-3-5-10-19/h3-10,14,20H,2,11-13,15-17H2,1H3,(H,22,24). The molecule has 1 saturated heterocycles. The second-order valence-corrected chi connectivity index (χ2v) is 6.42. The number of benzene rings is 1. The molecule has 2 aromatic rings. The highest BCUT2D eigenvalue weighted by Gasteiger charge is 2.22. The summed E-state index contributed by atoms with van der Waals surface area (Å²) in [5.41, 5.74) is 1.09. The highest BCUT2D eigenvalue weighted by Crippen LogP contribution is 2.18. The van der Waals surface area contributed by atoms with Gasteiger partial charge < -0.3 is 15.0 Å². The summed E-state index contributed by atoms with van der Waals surface area (Å²) < 4.78 is 6.09. The van der Waals surface area contributed by atoms with Gasteiger partial charge in [-0.2, -0.15) is 0 Å². The molecule has 1 aromatic heterocycles. The third-order valence-electron chi connectivity index (χ3n) is 4.48. The number of nitrogens with zero attached hydrogens (tertiary/aromatic N) is 3. The molecule has 138 valence electrons. The van der Waals surface area contributed by atoms with Gasteiger partial charge in [-0.1, -0.05) is 24.3 Å². The number of piperidine rings is 1. The number of ether oxygens (including phenoxy) is 1. The zero-order chi connectivity index (χ0) is 18.0. The molecule has 0 spiro atoms. The van der Waals surface area contributed by atoms with E-state index < -0.39 is 0 Å². The average Bonchev–Trinajstić information content (AvgIpc) is 2.70. The molecule has 0 amide bonds. The van der Waals surface area contributed by atoms with Crippen molar-refractivity contribution in [1.82, 2.24) is 15.2 Å². The van der Waals surface area contributed by atoms with Crippen molar-refractivity contribution in [2.24, 2.45) is 4.99 Å². The SMILES string of the molecule is CCNC(=NCCc1ccccn1)N1CCC(Oc2ccccc2)CC1. The summed E-state index contributed by atoms with van der Waals surface area (Å²) in [5, 5.41) is 3.42. The number of hydrogen-bond donors (Lipinski definition) is 1. The van der Waals surface area contributed by atoms with Gasteiger partial charge in [-0.3, -0.25) is 9.98 Å². The highest BCUT2D eigenvalue weighted by atomic mass is 16.5. The molecule has 2 heterocycles. The maximum absolute atomic E-state index is 6.09. The number of aromatic nitrogens is 1. The minimum absolute atomic E-state index is 0.282. The molecule has 1 aliphatic rings. The first kappa shape index (κ1) is 18.2. The molecule has 3 rings (SSSR count). The Balaban J connectivity index is 1.50. The molecule has 1 aliphatic heterocycles. The topological polar surface area (TPSA) is 49.8 Å². The Morgan fingerprint density at radius 1 is 1.15 bits per heavy atom. The molecule has 0 bridgehead atoms. The summed E-state index contributed by atoms with van der Waals surface area (Å²) in [4.78, 5) is 11.5. The van der Waals surface area contributed by atoms with E-state index in [2.05, 4.69) is 28.2 Å². The molecule has 5 heteroatoms. The second kappa shape index (κ2) is 9.80. The predicted octanol–water partition coefficient (Wildman–Crippen LogP) is 3.13. The Bertz CT molecular complexity index is 667. The number of pyridine rings is 1. The molecule has 0 unspecified atom stereocenters. The Morgan fingerprint density at radius 3 is 2.62 bits per heavy atom. The van der Waals surface area contributed by atoms with E-state index in [4.69, 9.17) is 9.73 Å². The molecule has 26 heavy (non-hydrogen) atoms. The van der Waals surface area contributed by atoms with Crippen LogP contribution < -0.4 is 10.1 Å². The van der Waals surface area contributed by atoms with Crippen LogP contribution in [-0.4, -0.2) is 48.1 Å². The summed E-state index contributed by atoms with van der Waals surface area (Å²) in [6.45, 7) is 5.67. The van der Waals surface area contributed by atoms with E-state index >= 15 is 0 Å². The van der Waals surface area contributed by atoms with Crippen LogP contribution in [0.15, 0.2) is 59.7 Å². The first-order valence-corrected chi connectivity index (χ1v) is 9.50. The fourth-order valence-corrected chi connectivity index (χ4v) is 3.13. The van der Waals surface area contributed by atoms with Crippen molar-refractivity contribution in [3.05, 3.63) is 60.4 Å². The van der Waals surface area contributed by atoms with Crippen LogP contribution in [0, 0.1) is 0 Å². The maximum atomic E-state index is 6.09. The van der Waals surface area contributed by atoms with Crippen LogP contribution >= 0.6 is 0 Å². The molecular formula is C21H28N4O. The van der Waals surface area contributed by atoms with Crippen molar-refractivity contribution in [2.75, 3.05) is 26.2 Å². The molecule has 0 radical (unpaired) electrons. The van der Waals surface area contributed by atoms with E-state index in [1.54, 1.807) is 0 Å². The van der Waals surface area contributed by atoms with Gasteiger partial charge in [0, 0.05) is 57.3 Å². The second-order valence-electron chi connectivity index (χ2n) is 6.42. The van der Waals surface area contributed by atoms with Gasteiger partial charge in [-0.15, -0.1) is 0 Å². The van der Waals surface area contributed by atoms with Crippen molar-refractivity contribution < 1.29 is 4.74 Å². The van der Waals surface area contributed by atoms with Crippen LogP contribution in [-0.2, 0) is 6.42 Å². The van der Waals surface area contributed by atoms with E-state index in [1.807, 2.05) is 48.7 Å². The van der Waals surface area contributed by atoms with Gasteiger partial charge in [0.25, 0.3) is 0 Å². The highest BCUT2D eigenvalue weighted by molar-refractivity contribution is 5.80. The minimum Gasteiger partial charge on any atom is -0.490 e. The number of hydrogen-bond acceptors (Lipinski definition) is 3. The number of likely N-dealkylation sites (tertiary alicyclic amines) is 1. The van der Waals surface area contributed by atoms with E-state index in [0.717, 1.165) is 62.8 Å². The van der Waals surface area contributed by atoms with E-state index in [9.17, 15) is 0 Å². The van der Waals surface area contributed by atoms with Crippen LogP contribution in [0.5, 0.6) is 5.75 Å². The van der Waals surface area contributed by atoms with Crippen LogP contribution in [0.25, 0.3) is 0 Å². The predicted molar refractivity (Wildman–Crippen MR) is 106 cm³/mol. The van der Waals surface area contributed by atoms with Crippen LogP contribution in [0.1, 0.15) is 25.5 Å². The summed E-state index contributed by atoms with van der Waals surface area (Å²) in [5.74, 6) is 1.96. The lowest BCUT2D eigenvalue weighted by Crippen LogP contribution is -2.47. The zero-order valence-corrected chi connectivity index (χ0v) is 15.5. The van der Waals surface area contributed by atoms with Gasteiger partial charge in [0.05, 0.1) is 0 Å². The monoisotopic (exact) mass is 352 g/mol. The Hall–Kier alpha value is -2.56. The number of aliphatic imine (C=N–C) groups is 1. The van der Waals surface area contributed by atoms with Gasteiger partial charge in [-0.05, 0) is 31.2 Å². The normalized spacial score (nSPS) is 15.7. The van der Waals surface area contributed by atoms with E-state index in [0.29, 0.717) is 0 Å². The lowest BCUT2D eigenvalue weighted by atomic mass is 10.1. The Labute approximate surface area is 156 Å². The van der Waals surface area contributed by atoms with Gasteiger partial charge in [-0.25, -0.2) is 0 Å². The van der Waals surface area contributed by atoms with Crippen LogP contribution in [0.3, 0.4) is 0 Å². The summed E-state index contributed by atoms with van der Waals surface area (Å²) >= 11 is 0. The van der Waals surface area contributed by atoms with Gasteiger partial charge in [0.15, 0.2) is 5.96 Å². The maximum Gasteiger partial charge on any atom is 0.193 e. The van der Waals surface area contributed by atoms with Crippen LogP contribution in [0.2, 0.25) is 0 Å².